The highest BCUT2D eigenvalue weighted by atomic mass is 15.0. The lowest BCUT2D eigenvalue weighted by Gasteiger charge is -2.32. The first-order valence-corrected chi connectivity index (χ1v) is 16.5. The van der Waals surface area contributed by atoms with E-state index >= 15 is 0 Å². The monoisotopic (exact) mass is 594 g/mol. The number of rotatable bonds is 3. The Labute approximate surface area is 270 Å². The maximum atomic E-state index is 3.64. The molecule has 1 unspecified atom stereocenters. The third kappa shape index (κ3) is 3.76. The molecule has 0 aliphatic heterocycles. The molecule has 2 nitrogen and oxygen atoms in total. The van der Waals surface area contributed by atoms with Crippen molar-refractivity contribution in [1.29, 1.82) is 0 Å². The average molecular weight is 595 g/mol. The van der Waals surface area contributed by atoms with Gasteiger partial charge in [0.1, 0.15) is 0 Å². The number of aromatic nitrogens is 2. The minimum absolute atomic E-state index is 0.148. The molecule has 8 aromatic rings. The van der Waals surface area contributed by atoms with Gasteiger partial charge >= 0.3 is 0 Å². The Morgan fingerprint density at radius 2 is 1.13 bits per heavy atom. The number of para-hydroxylation sites is 2. The fraction of sp³-hybridized carbons (Fsp3) is 0.182. The SMILES string of the molecule is CC1C(C)(C)c2ccc(-c3cccc(-c4ccc(-n5c6ccccc6c6cc7[nH]c8ccccc8c7cc65)cc4)c3)cc2C1(C)C. The van der Waals surface area contributed by atoms with Crippen LogP contribution in [-0.2, 0) is 10.8 Å². The van der Waals surface area contributed by atoms with Crippen LogP contribution >= 0.6 is 0 Å². The largest absolute Gasteiger partial charge is 0.354 e. The number of benzene rings is 6. The van der Waals surface area contributed by atoms with Crippen molar-refractivity contribution in [1.82, 2.24) is 9.55 Å². The van der Waals surface area contributed by atoms with Crippen molar-refractivity contribution in [3.05, 3.63) is 139 Å². The molecule has 46 heavy (non-hydrogen) atoms. The molecule has 0 amide bonds. The fourth-order valence-corrected chi connectivity index (χ4v) is 8.46. The number of hydrogen-bond donors (Lipinski definition) is 1. The van der Waals surface area contributed by atoms with Gasteiger partial charge in [-0.3, -0.25) is 0 Å². The smallest absolute Gasteiger partial charge is 0.0548 e. The van der Waals surface area contributed by atoms with Crippen molar-refractivity contribution in [2.24, 2.45) is 5.92 Å². The third-order valence-electron chi connectivity index (χ3n) is 11.5. The van der Waals surface area contributed by atoms with Gasteiger partial charge in [-0.15, -0.1) is 0 Å². The Bertz CT molecular complexity index is 2480. The number of hydrogen-bond acceptors (Lipinski definition) is 0. The zero-order valence-corrected chi connectivity index (χ0v) is 27.1. The quantitative estimate of drug-likeness (QED) is 0.210. The second-order valence-electron chi connectivity index (χ2n) is 14.5. The van der Waals surface area contributed by atoms with E-state index in [4.69, 9.17) is 0 Å². The van der Waals surface area contributed by atoms with Gasteiger partial charge in [0, 0.05) is 38.3 Å². The first-order chi connectivity index (χ1) is 22.2. The molecule has 0 fully saturated rings. The maximum absolute atomic E-state index is 3.64. The van der Waals surface area contributed by atoms with Crippen LogP contribution in [0.1, 0.15) is 45.7 Å². The van der Waals surface area contributed by atoms with Crippen LogP contribution < -0.4 is 0 Å². The molecule has 1 N–H and O–H groups in total. The van der Waals surface area contributed by atoms with Crippen molar-refractivity contribution in [3.8, 4) is 27.9 Å². The Balaban J connectivity index is 1.13. The first-order valence-electron chi connectivity index (χ1n) is 16.5. The van der Waals surface area contributed by atoms with Crippen molar-refractivity contribution in [2.45, 2.75) is 45.4 Å². The van der Waals surface area contributed by atoms with Crippen molar-refractivity contribution < 1.29 is 0 Å². The van der Waals surface area contributed by atoms with Crippen LogP contribution in [0.25, 0.3) is 71.6 Å². The van der Waals surface area contributed by atoms with E-state index in [0.29, 0.717) is 5.92 Å². The van der Waals surface area contributed by atoms with Crippen LogP contribution in [0.4, 0.5) is 0 Å². The topological polar surface area (TPSA) is 20.7 Å². The van der Waals surface area contributed by atoms with E-state index in [2.05, 4.69) is 172 Å². The first kappa shape index (κ1) is 27.2. The summed E-state index contributed by atoms with van der Waals surface area (Å²) in [5.74, 6) is 0.582. The molecule has 0 saturated carbocycles. The van der Waals surface area contributed by atoms with E-state index in [0.717, 1.165) is 0 Å². The average Bonchev–Trinajstić information content (AvgIpc) is 3.65. The number of nitrogens with zero attached hydrogens (tertiary/aromatic N) is 1. The third-order valence-corrected chi connectivity index (χ3v) is 11.5. The van der Waals surface area contributed by atoms with Gasteiger partial charge in [0.05, 0.1) is 11.0 Å². The van der Waals surface area contributed by atoms with Crippen LogP contribution in [-0.4, -0.2) is 9.55 Å². The summed E-state index contributed by atoms with van der Waals surface area (Å²) in [6.45, 7) is 12.0. The van der Waals surface area contributed by atoms with Gasteiger partial charge in [0.15, 0.2) is 0 Å². The highest BCUT2D eigenvalue weighted by Crippen LogP contribution is 2.54. The Morgan fingerprint density at radius 1 is 0.478 bits per heavy atom. The molecule has 2 heteroatoms. The highest BCUT2D eigenvalue weighted by molar-refractivity contribution is 6.18. The minimum Gasteiger partial charge on any atom is -0.354 e. The molecule has 0 bridgehead atoms. The fourth-order valence-electron chi connectivity index (χ4n) is 8.46. The lowest BCUT2D eigenvalue weighted by Crippen LogP contribution is -2.30. The van der Waals surface area contributed by atoms with Gasteiger partial charge in [0.25, 0.3) is 0 Å². The number of fused-ring (bicyclic) bond motifs is 7. The molecule has 1 aliphatic rings. The van der Waals surface area contributed by atoms with Crippen LogP contribution in [0.2, 0.25) is 0 Å². The summed E-state index contributed by atoms with van der Waals surface area (Å²) in [6.07, 6.45) is 0. The number of H-pyrrole nitrogens is 1. The summed E-state index contributed by atoms with van der Waals surface area (Å²) in [4.78, 5) is 3.64. The highest BCUT2D eigenvalue weighted by Gasteiger charge is 2.48. The van der Waals surface area contributed by atoms with E-state index in [1.807, 2.05) is 0 Å². The van der Waals surface area contributed by atoms with Gasteiger partial charge in [-0.1, -0.05) is 120 Å². The lowest BCUT2D eigenvalue weighted by molar-refractivity contribution is 0.264. The molecule has 1 aliphatic carbocycles. The van der Waals surface area contributed by atoms with E-state index in [-0.39, 0.29) is 10.8 Å². The molecule has 224 valence electrons. The number of aromatic amines is 1. The molecular weight excluding hydrogens is 556 g/mol. The molecule has 2 heterocycles. The van der Waals surface area contributed by atoms with Gasteiger partial charge in [-0.25, -0.2) is 0 Å². The zero-order valence-electron chi connectivity index (χ0n) is 27.1. The van der Waals surface area contributed by atoms with E-state index in [9.17, 15) is 0 Å². The standard InChI is InChI=1S/C44H38N2/c1-27-43(2,3)37-22-19-31(24-38(37)44(27,4)5)30-12-10-11-29(23-30)28-17-20-32(21-18-28)46-41-16-9-7-14-34(41)36-25-40-35(26-42(36)46)33-13-6-8-15-39(33)45-40/h6-27,45H,1-5H3. The summed E-state index contributed by atoms with van der Waals surface area (Å²) >= 11 is 0. The molecule has 0 spiro atoms. The molecule has 9 rings (SSSR count). The lowest BCUT2D eigenvalue weighted by atomic mass is 9.71. The normalized spacial score (nSPS) is 16.9. The van der Waals surface area contributed by atoms with Crippen molar-refractivity contribution >= 4 is 43.6 Å². The predicted octanol–water partition coefficient (Wildman–Crippen LogP) is 12.0. The molecule has 6 aromatic carbocycles. The van der Waals surface area contributed by atoms with E-state index < -0.39 is 0 Å². The zero-order chi connectivity index (χ0) is 31.4. The Morgan fingerprint density at radius 3 is 1.93 bits per heavy atom. The second-order valence-corrected chi connectivity index (χ2v) is 14.5. The van der Waals surface area contributed by atoms with E-state index in [1.165, 1.54) is 82.7 Å². The molecule has 1 atom stereocenters. The van der Waals surface area contributed by atoms with Gasteiger partial charge in [0.2, 0.25) is 0 Å². The van der Waals surface area contributed by atoms with Gasteiger partial charge < -0.3 is 9.55 Å². The molecule has 0 saturated heterocycles. The summed E-state index contributed by atoms with van der Waals surface area (Å²) < 4.78 is 2.42. The molecule has 0 radical (unpaired) electrons. The van der Waals surface area contributed by atoms with Crippen LogP contribution in [0.15, 0.2) is 127 Å². The summed E-state index contributed by atoms with van der Waals surface area (Å²) in [5, 5.41) is 5.05. The summed E-state index contributed by atoms with van der Waals surface area (Å²) in [5.41, 5.74) is 14.3. The second kappa shape index (κ2) is 9.47. The van der Waals surface area contributed by atoms with E-state index in [1.54, 1.807) is 0 Å². The van der Waals surface area contributed by atoms with Crippen molar-refractivity contribution in [2.75, 3.05) is 0 Å². The summed E-state index contributed by atoms with van der Waals surface area (Å²) in [7, 11) is 0. The molecular formula is C44H38N2. The summed E-state index contributed by atoms with van der Waals surface area (Å²) in [6, 6.07) is 47.3. The number of nitrogens with one attached hydrogen (secondary N) is 1. The predicted molar refractivity (Wildman–Crippen MR) is 196 cm³/mol. The van der Waals surface area contributed by atoms with Crippen LogP contribution in [0.5, 0.6) is 0 Å². The Kier molecular flexibility index (Phi) is 5.61. The van der Waals surface area contributed by atoms with Crippen LogP contribution in [0.3, 0.4) is 0 Å². The van der Waals surface area contributed by atoms with Crippen molar-refractivity contribution in [3.63, 3.8) is 0 Å². The molecule has 2 aromatic heterocycles. The van der Waals surface area contributed by atoms with Gasteiger partial charge in [-0.05, 0) is 92.6 Å². The minimum atomic E-state index is 0.148. The maximum Gasteiger partial charge on any atom is 0.0548 e. The Hall–Kier alpha value is -5.08. The van der Waals surface area contributed by atoms with Gasteiger partial charge in [-0.2, -0.15) is 0 Å². The van der Waals surface area contributed by atoms with Crippen LogP contribution in [0, 0.1) is 5.92 Å².